The maximum absolute atomic E-state index is 5.53. The number of hydrogen-bond donors (Lipinski definition) is 1. The minimum absolute atomic E-state index is 0.436. The Labute approximate surface area is 120 Å². The van der Waals surface area contributed by atoms with Gasteiger partial charge in [0.15, 0.2) is 0 Å². The Hall–Kier alpha value is -1.74. The Balaban J connectivity index is 1.63. The number of nitrogens with one attached hydrogen (secondary N) is 1. The monoisotopic (exact) mass is 270 g/mol. The molecule has 0 saturated carbocycles. The quantitative estimate of drug-likeness (QED) is 0.921. The number of benzene rings is 1. The van der Waals surface area contributed by atoms with Crippen molar-refractivity contribution in [2.24, 2.45) is 0 Å². The molecule has 1 aromatic heterocycles. The van der Waals surface area contributed by atoms with Gasteiger partial charge in [0.05, 0.1) is 6.26 Å². The van der Waals surface area contributed by atoms with Gasteiger partial charge in [0, 0.05) is 44.4 Å². The van der Waals surface area contributed by atoms with Crippen molar-refractivity contribution in [2.45, 2.75) is 31.8 Å². The summed E-state index contributed by atoms with van der Waals surface area (Å²) in [5, 5.41) is 3.66. The van der Waals surface area contributed by atoms with Gasteiger partial charge in [-0.2, -0.15) is 0 Å². The van der Waals surface area contributed by atoms with Crippen molar-refractivity contribution in [2.75, 3.05) is 19.0 Å². The predicted octanol–water partition coefficient (Wildman–Crippen LogP) is 3.51. The number of anilines is 1. The van der Waals surface area contributed by atoms with Crippen LogP contribution in [0, 0.1) is 0 Å². The second kappa shape index (κ2) is 5.71. The van der Waals surface area contributed by atoms with Crippen molar-refractivity contribution >= 4 is 5.69 Å². The SMILES string of the molecule is CN(C)c1ccc(CNC2CCCc3occc32)cc1. The normalized spacial score (nSPS) is 17.8. The van der Waals surface area contributed by atoms with Crippen molar-refractivity contribution in [3.63, 3.8) is 0 Å². The fourth-order valence-electron chi connectivity index (χ4n) is 2.85. The molecule has 0 spiro atoms. The first-order valence-electron chi connectivity index (χ1n) is 7.30. The number of nitrogens with zero attached hydrogens (tertiary/aromatic N) is 1. The zero-order valence-electron chi connectivity index (χ0n) is 12.2. The maximum atomic E-state index is 5.53. The van der Waals surface area contributed by atoms with Crippen LogP contribution in [0.1, 0.15) is 35.8 Å². The average Bonchev–Trinajstić information content (AvgIpc) is 2.94. The first-order chi connectivity index (χ1) is 9.74. The van der Waals surface area contributed by atoms with Gasteiger partial charge in [-0.25, -0.2) is 0 Å². The van der Waals surface area contributed by atoms with Crippen molar-refractivity contribution in [3.8, 4) is 0 Å². The molecular formula is C17H22N2O. The molecule has 3 nitrogen and oxygen atoms in total. The Morgan fingerprint density at radius 3 is 2.75 bits per heavy atom. The summed E-state index contributed by atoms with van der Waals surface area (Å²) in [5.74, 6) is 1.16. The lowest BCUT2D eigenvalue weighted by molar-refractivity contribution is 0.411. The molecule has 1 unspecified atom stereocenters. The molecule has 1 heterocycles. The largest absolute Gasteiger partial charge is 0.469 e. The summed E-state index contributed by atoms with van der Waals surface area (Å²) in [4.78, 5) is 2.12. The highest BCUT2D eigenvalue weighted by molar-refractivity contribution is 5.46. The fourth-order valence-corrected chi connectivity index (χ4v) is 2.85. The van der Waals surface area contributed by atoms with Crippen molar-refractivity contribution < 1.29 is 4.42 Å². The molecule has 20 heavy (non-hydrogen) atoms. The molecule has 1 aliphatic carbocycles. The predicted molar refractivity (Wildman–Crippen MR) is 82.0 cm³/mol. The number of rotatable bonds is 4. The summed E-state index contributed by atoms with van der Waals surface area (Å²) in [7, 11) is 4.13. The third-order valence-electron chi connectivity index (χ3n) is 4.06. The number of fused-ring (bicyclic) bond motifs is 1. The van der Waals surface area contributed by atoms with E-state index in [9.17, 15) is 0 Å². The number of hydrogen-bond acceptors (Lipinski definition) is 3. The third-order valence-corrected chi connectivity index (χ3v) is 4.06. The summed E-state index contributed by atoms with van der Waals surface area (Å²) in [6.45, 7) is 0.906. The Kier molecular flexibility index (Phi) is 3.79. The first kappa shape index (κ1) is 13.3. The fraction of sp³-hybridized carbons (Fsp3) is 0.412. The van der Waals surface area contributed by atoms with E-state index in [2.05, 4.69) is 54.6 Å². The van der Waals surface area contributed by atoms with Gasteiger partial charge in [0.2, 0.25) is 0 Å². The van der Waals surface area contributed by atoms with Crippen LogP contribution in [0.4, 0.5) is 5.69 Å². The van der Waals surface area contributed by atoms with Crippen LogP contribution in [0.2, 0.25) is 0 Å². The van der Waals surface area contributed by atoms with Gasteiger partial charge in [0.1, 0.15) is 5.76 Å². The minimum Gasteiger partial charge on any atom is -0.469 e. The molecule has 1 aliphatic rings. The lowest BCUT2D eigenvalue weighted by Crippen LogP contribution is -2.24. The Morgan fingerprint density at radius 1 is 1.20 bits per heavy atom. The summed E-state index contributed by atoms with van der Waals surface area (Å²) >= 11 is 0. The molecule has 2 aromatic rings. The highest BCUT2D eigenvalue weighted by Gasteiger charge is 2.21. The van der Waals surface area contributed by atoms with Crippen LogP contribution in [0.25, 0.3) is 0 Å². The van der Waals surface area contributed by atoms with Crippen LogP contribution in [-0.4, -0.2) is 14.1 Å². The molecule has 1 aromatic carbocycles. The summed E-state index contributed by atoms with van der Waals surface area (Å²) in [6.07, 6.45) is 5.30. The van der Waals surface area contributed by atoms with Crippen LogP contribution in [0.3, 0.4) is 0 Å². The molecular weight excluding hydrogens is 248 g/mol. The van der Waals surface area contributed by atoms with E-state index in [1.807, 2.05) is 6.26 Å². The molecule has 0 amide bonds. The van der Waals surface area contributed by atoms with Gasteiger partial charge in [-0.3, -0.25) is 0 Å². The maximum Gasteiger partial charge on any atom is 0.108 e. The molecule has 1 atom stereocenters. The van der Waals surface area contributed by atoms with Gasteiger partial charge in [-0.05, 0) is 36.6 Å². The van der Waals surface area contributed by atoms with Crippen molar-refractivity contribution in [3.05, 3.63) is 53.5 Å². The Bertz CT molecular complexity index is 557. The molecule has 0 fully saturated rings. The van der Waals surface area contributed by atoms with E-state index in [-0.39, 0.29) is 0 Å². The number of aryl methyl sites for hydroxylation is 1. The van der Waals surface area contributed by atoms with Crippen LogP contribution in [0.15, 0.2) is 41.0 Å². The summed E-state index contributed by atoms with van der Waals surface area (Å²) < 4.78 is 5.53. The molecule has 0 radical (unpaired) electrons. The zero-order chi connectivity index (χ0) is 13.9. The van der Waals surface area contributed by atoms with Crippen molar-refractivity contribution in [1.29, 1.82) is 0 Å². The highest BCUT2D eigenvalue weighted by atomic mass is 16.3. The number of furan rings is 1. The van der Waals surface area contributed by atoms with Gasteiger partial charge in [-0.15, -0.1) is 0 Å². The Morgan fingerprint density at radius 2 is 2.00 bits per heavy atom. The van der Waals surface area contributed by atoms with E-state index in [1.54, 1.807) is 0 Å². The van der Waals surface area contributed by atoms with E-state index >= 15 is 0 Å². The molecule has 0 bridgehead atoms. The third kappa shape index (κ3) is 2.73. The smallest absolute Gasteiger partial charge is 0.108 e. The minimum atomic E-state index is 0.436. The topological polar surface area (TPSA) is 28.4 Å². The highest BCUT2D eigenvalue weighted by Crippen LogP contribution is 2.30. The lowest BCUT2D eigenvalue weighted by Gasteiger charge is -2.23. The van der Waals surface area contributed by atoms with Gasteiger partial charge in [0.25, 0.3) is 0 Å². The second-order valence-corrected chi connectivity index (χ2v) is 5.69. The van der Waals surface area contributed by atoms with E-state index in [0.29, 0.717) is 6.04 Å². The van der Waals surface area contributed by atoms with E-state index in [1.165, 1.54) is 29.7 Å². The van der Waals surface area contributed by atoms with Crippen LogP contribution >= 0.6 is 0 Å². The van der Waals surface area contributed by atoms with Gasteiger partial charge >= 0.3 is 0 Å². The second-order valence-electron chi connectivity index (χ2n) is 5.69. The molecule has 1 N–H and O–H groups in total. The molecule has 3 rings (SSSR count). The van der Waals surface area contributed by atoms with Crippen LogP contribution in [-0.2, 0) is 13.0 Å². The van der Waals surface area contributed by atoms with Crippen LogP contribution < -0.4 is 10.2 Å². The molecule has 0 aliphatic heterocycles. The molecule has 106 valence electrons. The summed E-state index contributed by atoms with van der Waals surface area (Å²) in [6, 6.07) is 11.3. The first-order valence-corrected chi connectivity index (χ1v) is 7.30. The van der Waals surface area contributed by atoms with Gasteiger partial charge < -0.3 is 14.6 Å². The van der Waals surface area contributed by atoms with Crippen LogP contribution in [0.5, 0.6) is 0 Å². The zero-order valence-corrected chi connectivity index (χ0v) is 12.2. The lowest BCUT2D eigenvalue weighted by atomic mass is 9.93. The summed E-state index contributed by atoms with van der Waals surface area (Å²) in [5.41, 5.74) is 3.91. The average molecular weight is 270 g/mol. The molecule has 0 saturated heterocycles. The van der Waals surface area contributed by atoms with Gasteiger partial charge in [-0.1, -0.05) is 12.1 Å². The van der Waals surface area contributed by atoms with E-state index in [4.69, 9.17) is 4.42 Å². The standard InChI is InChI=1S/C17H22N2O/c1-19(2)14-8-6-13(7-9-14)12-18-16-4-3-5-17-15(16)10-11-20-17/h6-11,16,18H,3-5,12H2,1-2H3. The van der Waals surface area contributed by atoms with E-state index in [0.717, 1.165) is 18.7 Å². The molecule has 3 heteroatoms. The van der Waals surface area contributed by atoms with Crippen molar-refractivity contribution in [1.82, 2.24) is 5.32 Å². The van der Waals surface area contributed by atoms with E-state index < -0.39 is 0 Å².